The minimum absolute atomic E-state index is 0.0821. The number of nitrogens with one attached hydrogen (secondary N) is 1. The van der Waals surface area contributed by atoms with Gasteiger partial charge in [0.1, 0.15) is 11.6 Å². The van der Waals surface area contributed by atoms with Crippen LogP contribution in [0.2, 0.25) is 5.02 Å². The third-order valence-electron chi connectivity index (χ3n) is 4.87. The number of para-hydroxylation sites is 1. The summed E-state index contributed by atoms with van der Waals surface area (Å²) in [6.45, 7) is 0.888. The lowest BCUT2D eigenvalue weighted by Gasteiger charge is -2.14. The second-order valence-electron chi connectivity index (χ2n) is 7.04. The van der Waals surface area contributed by atoms with Gasteiger partial charge in [-0.05, 0) is 35.4 Å². The third kappa shape index (κ3) is 4.92. The molecule has 0 aliphatic rings. The first-order valence-electron chi connectivity index (χ1n) is 10.1. The fraction of sp³-hybridized carbons (Fsp3) is 0.120. The van der Waals surface area contributed by atoms with Crippen LogP contribution in [0.1, 0.15) is 11.1 Å². The van der Waals surface area contributed by atoms with Crippen molar-refractivity contribution in [2.75, 3.05) is 12.4 Å². The van der Waals surface area contributed by atoms with Crippen LogP contribution in [-0.2, 0) is 13.2 Å². The largest absolute Gasteiger partial charge is 0.493 e. The van der Waals surface area contributed by atoms with E-state index in [9.17, 15) is 4.79 Å². The highest BCUT2D eigenvalue weighted by Crippen LogP contribution is 2.29. The number of methoxy groups -OCH3 is 1. The van der Waals surface area contributed by atoms with Crippen molar-refractivity contribution in [3.8, 4) is 17.2 Å². The standard InChI is InChI=1S/C25H22ClN3O3/c1-31-23-14-19(12-13-22(23)32-17-18-8-4-2-5-9-18)15-27-21-16-28-29(25(30)24(21)26)20-10-6-3-7-11-20/h2-14,16,27H,15,17H2,1H3. The van der Waals surface area contributed by atoms with Crippen molar-refractivity contribution in [1.82, 2.24) is 9.78 Å². The first-order valence-corrected chi connectivity index (χ1v) is 10.4. The molecule has 0 aliphatic carbocycles. The SMILES string of the molecule is COc1cc(CNc2cnn(-c3ccccc3)c(=O)c2Cl)ccc1OCc1ccccc1. The zero-order valence-corrected chi connectivity index (χ0v) is 18.3. The number of benzene rings is 3. The Morgan fingerprint density at radius 1 is 0.938 bits per heavy atom. The van der Waals surface area contributed by atoms with Crippen LogP contribution in [-0.4, -0.2) is 16.9 Å². The number of halogens is 1. The lowest BCUT2D eigenvalue weighted by Crippen LogP contribution is -2.22. The van der Waals surface area contributed by atoms with Gasteiger partial charge in [-0.15, -0.1) is 0 Å². The number of anilines is 1. The maximum absolute atomic E-state index is 12.6. The van der Waals surface area contributed by atoms with Crippen molar-refractivity contribution in [3.05, 3.63) is 112 Å². The summed E-state index contributed by atoms with van der Waals surface area (Å²) in [5, 5.41) is 7.49. The maximum atomic E-state index is 12.6. The molecule has 7 heteroatoms. The summed E-state index contributed by atoms with van der Waals surface area (Å²) in [6, 6.07) is 24.8. The van der Waals surface area contributed by atoms with Crippen LogP contribution in [0.3, 0.4) is 0 Å². The van der Waals surface area contributed by atoms with Gasteiger partial charge in [0.05, 0.1) is 24.7 Å². The van der Waals surface area contributed by atoms with Crippen LogP contribution in [0.25, 0.3) is 5.69 Å². The highest BCUT2D eigenvalue weighted by atomic mass is 35.5. The molecule has 0 amide bonds. The average Bonchev–Trinajstić information content (AvgIpc) is 2.85. The first-order chi connectivity index (χ1) is 15.7. The van der Waals surface area contributed by atoms with Gasteiger partial charge in [-0.3, -0.25) is 4.79 Å². The smallest absolute Gasteiger partial charge is 0.292 e. The summed E-state index contributed by atoms with van der Waals surface area (Å²) in [5.74, 6) is 1.29. The van der Waals surface area contributed by atoms with E-state index in [4.69, 9.17) is 21.1 Å². The molecule has 1 aromatic heterocycles. The van der Waals surface area contributed by atoms with Crippen LogP contribution in [0.4, 0.5) is 5.69 Å². The Bertz CT molecular complexity index is 1240. The molecule has 32 heavy (non-hydrogen) atoms. The van der Waals surface area contributed by atoms with E-state index in [1.807, 2.05) is 66.7 Å². The highest BCUT2D eigenvalue weighted by molar-refractivity contribution is 6.32. The Labute approximate surface area is 191 Å². The lowest BCUT2D eigenvalue weighted by atomic mass is 10.2. The molecule has 0 unspecified atom stereocenters. The number of hydrogen-bond acceptors (Lipinski definition) is 5. The topological polar surface area (TPSA) is 65.4 Å². The maximum Gasteiger partial charge on any atom is 0.292 e. The molecule has 0 atom stereocenters. The predicted molar refractivity (Wildman–Crippen MR) is 126 cm³/mol. The number of hydrogen-bond donors (Lipinski definition) is 1. The molecule has 3 aromatic carbocycles. The number of nitrogens with zero attached hydrogens (tertiary/aromatic N) is 2. The minimum Gasteiger partial charge on any atom is -0.493 e. The van der Waals surface area contributed by atoms with Crippen molar-refractivity contribution in [2.24, 2.45) is 0 Å². The van der Waals surface area contributed by atoms with Crippen molar-refractivity contribution >= 4 is 17.3 Å². The molecule has 0 aliphatic heterocycles. The van der Waals surface area contributed by atoms with E-state index in [2.05, 4.69) is 10.4 Å². The molecule has 0 bridgehead atoms. The Hall–Kier alpha value is -3.77. The summed E-state index contributed by atoms with van der Waals surface area (Å²) in [6.07, 6.45) is 1.55. The van der Waals surface area contributed by atoms with Crippen LogP contribution in [0.15, 0.2) is 89.9 Å². The van der Waals surface area contributed by atoms with Crippen molar-refractivity contribution in [1.29, 1.82) is 0 Å². The van der Waals surface area contributed by atoms with E-state index in [1.165, 1.54) is 4.68 Å². The van der Waals surface area contributed by atoms with Gasteiger partial charge >= 0.3 is 0 Å². The quantitative estimate of drug-likeness (QED) is 0.407. The molecular formula is C25H22ClN3O3. The summed E-state index contributed by atoms with van der Waals surface area (Å²) >= 11 is 6.32. The van der Waals surface area contributed by atoms with Crippen molar-refractivity contribution in [3.63, 3.8) is 0 Å². The van der Waals surface area contributed by atoms with Crippen LogP contribution >= 0.6 is 11.6 Å². The third-order valence-corrected chi connectivity index (χ3v) is 5.23. The average molecular weight is 448 g/mol. The molecule has 6 nitrogen and oxygen atoms in total. The normalized spacial score (nSPS) is 10.6. The zero-order valence-electron chi connectivity index (χ0n) is 17.5. The monoisotopic (exact) mass is 447 g/mol. The summed E-state index contributed by atoms with van der Waals surface area (Å²) < 4.78 is 12.7. The predicted octanol–water partition coefficient (Wildman–Crippen LogP) is 5.09. The van der Waals surface area contributed by atoms with Crippen LogP contribution < -0.4 is 20.3 Å². The molecule has 0 fully saturated rings. The lowest BCUT2D eigenvalue weighted by molar-refractivity contribution is 0.284. The fourth-order valence-electron chi connectivity index (χ4n) is 3.18. The van der Waals surface area contributed by atoms with Gasteiger partial charge in [0.15, 0.2) is 11.5 Å². The zero-order chi connectivity index (χ0) is 22.3. The molecule has 4 rings (SSSR count). The van der Waals surface area contributed by atoms with Gasteiger partial charge in [-0.1, -0.05) is 66.2 Å². The summed E-state index contributed by atoms with van der Waals surface area (Å²) in [7, 11) is 1.60. The molecule has 1 N–H and O–H groups in total. The molecule has 0 saturated heterocycles. The Kier molecular flexibility index (Phi) is 6.72. The van der Waals surface area contributed by atoms with E-state index < -0.39 is 0 Å². The van der Waals surface area contributed by atoms with E-state index in [-0.39, 0.29) is 10.6 Å². The molecule has 0 spiro atoms. The first kappa shape index (κ1) is 21.5. The van der Waals surface area contributed by atoms with Crippen LogP contribution in [0.5, 0.6) is 11.5 Å². The Morgan fingerprint density at radius 2 is 1.66 bits per heavy atom. The van der Waals surface area contributed by atoms with Crippen LogP contribution in [0, 0.1) is 0 Å². The van der Waals surface area contributed by atoms with E-state index >= 15 is 0 Å². The van der Waals surface area contributed by atoms with Gasteiger partial charge in [-0.2, -0.15) is 9.78 Å². The highest BCUT2D eigenvalue weighted by Gasteiger charge is 2.11. The van der Waals surface area contributed by atoms with Gasteiger partial charge in [0, 0.05) is 6.54 Å². The molecule has 162 valence electrons. The van der Waals surface area contributed by atoms with E-state index in [1.54, 1.807) is 25.4 Å². The summed E-state index contributed by atoms with van der Waals surface area (Å²) in [5.41, 5.74) is 2.75. The molecule has 0 radical (unpaired) electrons. The molecule has 0 saturated carbocycles. The van der Waals surface area contributed by atoms with Crippen molar-refractivity contribution in [2.45, 2.75) is 13.2 Å². The van der Waals surface area contributed by atoms with Gasteiger partial charge in [-0.25, -0.2) is 0 Å². The van der Waals surface area contributed by atoms with Gasteiger partial charge in [0.2, 0.25) is 0 Å². The van der Waals surface area contributed by atoms with Crippen molar-refractivity contribution < 1.29 is 9.47 Å². The minimum atomic E-state index is -0.384. The van der Waals surface area contributed by atoms with E-state index in [0.29, 0.717) is 36.0 Å². The van der Waals surface area contributed by atoms with E-state index in [0.717, 1.165) is 11.1 Å². The summed E-state index contributed by atoms with van der Waals surface area (Å²) in [4.78, 5) is 12.6. The van der Waals surface area contributed by atoms with Gasteiger partial charge < -0.3 is 14.8 Å². The molecule has 4 aromatic rings. The number of ether oxygens (including phenoxy) is 2. The fourth-order valence-corrected chi connectivity index (χ4v) is 3.38. The van der Waals surface area contributed by atoms with Gasteiger partial charge in [0.25, 0.3) is 5.56 Å². The number of aromatic nitrogens is 2. The Balaban J connectivity index is 1.45. The number of rotatable bonds is 8. The molecule has 1 heterocycles. The second-order valence-corrected chi connectivity index (χ2v) is 7.42. The Morgan fingerprint density at radius 3 is 2.38 bits per heavy atom. The molecular weight excluding hydrogens is 426 g/mol. The second kappa shape index (κ2) is 10.0.